The molecule has 1 amide bonds. The fourth-order valence-electron chi connectivity index (χ4n) is 1.68. The first-order chi connectivity index (χ1) is 8.10. The quantitative estimate of drug-likeness (QED) is 0.852. The summed E-state index contributed by atoms with van der Waals surface area (Å²) >= 11 is 0. The molecule has 0 radical (unpaired) electrons. The topological polar surface area (TPSA) is 46.3 Å². The van der Waals surface area contributed by atoms with E-state index in [9.17, 15) is 9.18 Å². The molecule has 0 atom stereocenters. The number of hydrogen-bond donors (Lipinski definition) is 1. The maximum atomic E-state index is 13.1. The predicted molar refractivity (Wildman–Crippen MR) is 66.4 cm³/mol. The third-order valence-corrected chi connectivity index (χ3v) is 2.73. The smallest absolute Gasteiger partial charge is 0.254 e. The second-order valence-corrected chi connectivity index (χ2v) is 3.99. The fourth-order valence-corrected chi connectivity index (χ4v) is 1.68. The first-order valence-electron chi connectivity index (χ1n) is 5.85. The molecule has 0 fully saturated rings. The van der Waals surface area contributed by atoms with Crippen LogP contribution in [0.25, 0.3) is 0 Å². The van der Waals surface area contributed by atoms with Gasteiger partial charge in [0.05, 0.1) is 0 Å². The van der Waals surface area contributed by atoms with Crippen LogP contribution in [0.2, 0.25) is 0 Å². The Bertz CT molecular complexity index is 393. The van der Waals surface area contributed by atoms with E-state index in [0.717, 1.165) is 12.0 Å². The van der Waals surface area contributed by atoms with Gasteiger partial charge in [-0.25, -0.2) is 4.39 Å². The summed E-state index contributed by atoms with van der Waals surface area (Å²) in [5.74, 6) is -0.508. The molecule has 1 aromatic rings. The van der Waals surface area contributed by atoms with Crippen LogP contribution in [0.4, 0.5) is 4.39 Å². The number of rotatable bonds is 5. The Balaban J connectivity index is 2.89. The largest absolute Gasteiger partial charge is 0.339 e. The normalized spacial score (nSPS) is 10.4. The molecule has 0 unspecified atom stereocenters. The van der Waals surface area contributed by atoms with Gasteiger partial charge >= 0.3 is 0 Å². The van der Waals surface area contributed by atoms with Gasteiger partial charge in [-0.1, -0.05) is 6.07 Å². The van der Waals surface area contributed by atoms with Crippen LogP contribution in [-0.2, 0) is 0 Å². The second-order valence-electron chi connectivity index (χ2n) is 3.99. The molecule has 0 aliphatic carbocycles. The molecule has 3 nitrogen and oxygen atoms in total. The lowest BCUT2D eigenvalue weighted by Gasteiger charge is -2.21. The van der Waals surface area contributed by atoms with Gasteiger partial charge in [0, 0.05) is 18.7 Å². The molecule has 0 saturated heterocycles. The van der Waals surface area contributed by atoms with Crippen molar-refractivity contribution in [3.05, 3.63) is 35.1 Å². The lowest BCUT2D eigenvalue weighted by molar-refractivity contribution is 0.0762. The van der Waals surface area contributed by atoms with E-state index in [1.807, 2.05) is 13.8 Å². The molecule has 0 heterocycles. The van der Waals surface area contributed by atoms with Crippen LogP contribution < -0.4 is 5.73 Å². The summed E-state index contributed by atoms with van der Waals surface area (Å²) in [6, 6.07) is 4.28. The number of hydrogen-bond acceptors (Lipinski definition) is 2. The molecule has 4 heteroatoms. The Morgan fingerprint density at radius 3 is 2.76 bits per heavy atom. The number of amides is 1. The van der Waals surface area contributed by atoms with Gasteiger partial charge in [-0.15, -0.1) is 0 Å². The predicted octanol–water partition coefficient (Wildman–Crippen LogP) is 1.95. The summed E-state index contributed by atoms with van der Waals surface area (Å²) in [6.07, 6.45) is 0.758. The molecule has 2 N–H and O–H groups in total. The molecule has 0 aliphatic heterocycles. The Morgan fingerprint density at radius 1 is 1.47 bits per heavy atom. The zero-order valence-electron chi connectivity index (χ0n) is 10.4. The van der Waals surface area contributed by atoms with E-state index in [0.29, 0.717) is 25.2 Å². The zero-order chi connectivity index (χ0) is 12.8. The van der Waals surface area contributed by atoms with E-state index in [-0.39, 0.29) is 11.7 Å². The minimum absolute atomic E-state index is 0.127. The fraction of sp³-hybridized carbons (Fsp3) is 0.462. The molecule has 94 valence electrons. The number of nitrogens with two attached hydrogens (primary N) is 1. The van der Waals surface area contributed by atoms with Crippen LogP contribution in [0.5, 0.6) is 0 Å². The average Bonchev–Trinajstić information content (AvgIpc) is 2.33. The van der Waals surface area contributed by atoms with Gasteiger partial charge in [-0.3, -0.25) is 4.79 Å². The second kappa shape index (κ2) is 6.35. The third-order valence-electron chi connectivity index (χ3n) is 2.73. The summed E-state index contributed by atoms with van der Waals surface area (Å²) < 4.78 is 13.1. The summed E-state index contributed by atoms with van der Waals surface area (Å²) in [4.78, 5) is 13.9. The van der Waals surface area contributed by atoms with Crippen LogP contribution in [0.3, 0.4) is 0 Å². The highest BCUT2D eigenvalue weighted by Gasteiger charge is 2.16. The minimum Gasteiger partial charge on any atom is -0.339 e. The van der Waals surface area contributed by atoms with Crippen molar-refractivity contribution < 1.29 is 9.18 Å². The van der Waals surface area contributed by atoms with E-state index >= 15 is 0 Å². The monoisotopic (exact) mass is 238 g/mol. The highest BCUT2D eigenvalue weighted by molar-refractivity contribution is 5.95. The minimum atomic E-state index is -0.381. The zero-order valence-corrected chi connectivity index (χ0v) is 10.4. The molecule has 0 aliphatic rings. The number of halogens is 1. The maximum absolute atomic E-state index is 13.1. The summed E-state index contributed by atoms with van der Waals surface area (Å²) in [5, 5.41) is 0. The Hall–Kier alpha value is -1.42. The van der Waals surface area contributed by atoms with Crippen molar-refractivity contribution in [2.75, 3.05) is 19.6 Å². The summed E-state index contributed by atoms with van der Waals surface area (Å²) in [5.41, 5.74) is 6.65. The number of carbonyl (C=O) groups is 1. The lowest BCUT2D eigenvalue weighted by atomic mass is 10.1. The van der Waals surface area contributed by atoms with E-state index < -0.39 is 0 Å². The van der Waals surface area contributed by atoms with Crippen LogP contribution in [0, 0.1) is 12.7 Å². The highest BCUT2D eigenvalue weighted by atomic mass is 19.1. The summed E-state index contributed by atoms with van der Waals surface area (Å²) in [7, 11) is 0. The third kappa shape index (κ3) is 3.53. The van der Waals surface area contributed by atoms with Crippen molar-refractivity contribution in [3.63, 3.8) is 0 Å². The van der Waals surface area contributed by atoms with Crippen molar-refractivity contribution in [1.29, 1.82) is 0 Å². The van der Waals surface area contributed by atoms with Gasteiger partial charge in [0.2, 0.25) is 0 Å². The van der Waals surface area contributed by atoms with Crippen molar-refractivity contribution in [2.24, 2.45) is 5.73 Å². The maximum Gasteiger partial charge on any atom is 0.254 e. The number of benzene rings is 1. The molecule has 17 heavy (non-hydrogen) atoms. The first-order valence-corrected chi connectivity index (χ1v) is 5.85. The van der Waals surface area contributed by atoms with Crippen LogP contribution in [-0.4, -0.2) is 30.4 Å². The van der Waals surface area contributed by atoms with E-state index in [4.69, 9.17) is 5.73 Å². The number of aryl methyl sites for hydroxylation is 1. The molecular formula is C13H19FN2O. The molecule has 0 aromatic heterocycles. The van der Waals surface area contributed by atoms with E-state index in [1.165, 1.54) is 12.1 Å². The van der Waals surface area contributed by atoms with Crippen molar-refractivity contribution in [2.45, 2.75) is 20.3 Å². The molecule has 0 saturated carbocycles. The van der Waals surface area contributed by atoms with E-state index in [1.54, 1.807) is 11.0 Å². The highest BCUT2D eigenvalue weighted by Crippen LogP contribution is 2.13. The standard InChI is InChI=1S/C13H19FN2O/c1-3-16(8-4-7-15)13(17)12-9-11(14)6-5-10(12)2/h5-6,9H,3-4,7-8,15H2,1-2H3. The van der Waals surface area contributed by atoms with Gasteiger partial charge in [0.15, 0.2) is 0 Å². The first kappa shape index (κ1) is 13.6. The van der Waals surface area contributed by atoms with Gasteiger partial charge in [0.1, 0.15) is 5.82 Å². The van der Waals surface area contributed by atoms with Gasteiger partial charge in [0.25, 0.3) is 5.91 Å². The molecule has 0 bridgehead atoms. The number of nitrogens with zero attached hydrogens (tertiary/aromatic N) is 1. The van der Waals surface area contributed by atoms with Gasteiger partial charge in [-0.05, 0) is 44.5 Å². The molecule has 1 aromatic carbocycles. The molecule has 0 spiro atoms. The van der Waals surface area contributed by atoms with E-state index in [2.05, 4.69) is 0 Å². The number of carbonyl (C=O) groups excluding carboxylic acids is 1. The Kier molecular flexibility index (Phi) is 5.10. The van der Waals surface area contributed by atoms with Gasteiger partial charge < -0.3 is 10.6 Å². The van der Waals surface area contributed by atoms with Crippen LogP contribution >= 0.6 is 0 Å². The summed E-state index contributed by atoms with van der Waals surface area (Å²) in [6.45, 7) is 5.48. The molecular weight excluding hydrogens is 219 g/mol. The van der Waals surface area contributed by atoms with Crippen molar-refractivity contribution >= 4 is 5.91 Å². The van der Waals surface area contributed by atoms with Crippen molar-refractivity contribution in [1.82, 2.24) is 4.90 Å². The Labute approximate surface area is 101 Å². The lowest BCUT2D eigenvalue weighted by Crippen LogP contribution is -2.33. The van der Waals surface area contributed by atoms with Crippen molar-refractivity contribution in [3.8, 4) is 0 Å². The molecule has 1 rings (SSSR count). The average molecular weight is 238 g/mol. The SMILES string of the molecule is CCN(CCCN)C(=O)c1cc(F)ccc1C. The van der Waals surface area contributed by atoms with Crippen LogP contribution in [0.1, 0.15) is 29.3 Å². The van der Waals surface area contributed by atoms with Crippen LogP contribution in [0.15, 0.2) is 18.2 Å². The Morgan fingerprint density at radius 2 is 2.18 bits per heavy atom. The van der Waals surface area contributed by atoms with Gasteiger partial charge in [-0.2, -0.15) is 0 Å².